The molecule has 198 valence electrons. The Morgan fingerprint density at radius 2 is 1.97 bits per heavy atom. The fourth-order valence-electron chi connectivity index (χ4n) is 4.19. The van der Waals surface area contributed by atoms with Gasteiger partial charge in [0.15, 0.2) is 8.32 Å². The van der Waals surface area contributed by atoms with Crippen LogP contribution in [0.25, 0.3) is 10.9 Å². The van der Waals surface area contributed by atoms with Gasteiger partial charge in [-0.1, -0.05) is 39.0 Å². The van der Waals surface area contributed by atoms with Gasteiger partial charge in [0.1, 0.15) is 11.8 Å². The number of carbonyl (C=O) groups is 1. The van der Waals surface area contributed by atoms with Gasteiger partial charge in [-0.3, -0.25) is 4.79 Å². The van der Waals surface area contributed by atoms with Crippen LogP contribution in [0.2, 0.25) is 18.1 Å². The van der Waals surface area contributed by atoms with Crippen LogP contribution < -0.4 is 10.1 Å². The van der Waals surface area contributed by atoms with E-state index in [9.17, 15) is 9.90 Å². The third kappa shape index (κ3) is 6.01. The normalized spacial score (nSPS) is 19.4. The van der Waals surface area contributed by atoms with E-state index >= 15 is 0 Å². The molecule has 0 bridgehead atoms. The summed E-state index contributed by atoms with van der Waals surface area (Å²) in [6.45, 7) is 12.0. The van der Waals surface area contributed by atoms with E-state index in [0.717, 1.165) is 5.39 Å². The largest absolute Gasteiger partial charge is 0.481 e. The number of ether oxygens (including phenoxy) is 2. The number of amides is 1. The molecule has 3 atom stereocenters. The Hall–Kier alpha value is -2.85. The molecule has 1 amide bonds. The minimum absolute atomic E-state index is 0.0419. The monoisotopic (exact) mass is 523 g/mol. The summed E-state index contributed by atoms with van der Waals surface area (Å²) in [4.78, 5) is 22.3. The fraction of sp³-hybridized carbons (Fsp3) is 0.464. The number of aliphatic hydroxyl groups excluding tert-OH is 1. The summed E-state index contributed by atoms with van der Waals surface area (Å²) in [5.74, 6) is 0.157. The van der Waals surface area contributed by atoms with Gasteiger partial charge in [0.05, 0.1) is 31.4 Å². The Balaban J connectivity index is 1.62. The number of nitrogens with one attached hydrogen (secondary N) is 1. The van der Waals surface area contributed by atoms with Gasteiger partial charge < -0.3 is 24.3 Å². The highest BCUT2D eigenvalue weighted by atomic mass is 28.4. The summed E-state index contributed by atoms with van der Waals surface area (Å²) < 4.78 is 17.5. The molecular weight excluding hydrogens is 486 g/mol. The number of aromatic nitrogens is 2. The molecule has 9 heteroatoms. The van der Waals surface area contributed by atoms with Crippen molar-refractivity contribution in [1.82, 2.24) is 15.3 Å². The number of carbonyl (C=O) groups excluding carboxylic acids is 1. The van der Waals surface area contributed by atoms with E-state index < -0.39 is 14.4 Å². The van der Waals surface area contributed by atoms with Crippen molar-refractivity contribution in [3.63, 3.8) is 0 Å². The van der Waals surface area contributed by atoms with Crippen molar-refractivity contribution in [1.29, 1.82) is 0 Å². The lowest BCUT2D eigenvalue weighted by Crippen LogP contribution is -2.55. The molecule has 4 rings (SSSR count). The Morgan fingerprint density at radius 3 is 2.65 bits per heavy atom. The lowest BCUT2D eigenvalue weighted by atomic mass is 9.98. The van der Waals surface area contributed by atoms with Crippen molar-refractivity contribution in [2.45, 2.75) is 63.6 Å². The van der Waals surface area contributed by atoms with Gasteiger partial charge in [-0.15, -0.1) is 0 Å². The first-order valence-corrected chi connectivity index (χ1v) is 15.5. The Morgan fingerprint density at radius 1 is 1.22 bits per heavy atom. The highest BCUT2D eigenvalue weighted by Crippen LogP contribution is 2.38. The van der Waals surface area contributed by atoms with Crippen LogP contribution in [0.5, 0.6) is 5.88 Å². The highest BCUT2D eigenvalue weighted by Gasteiger charge is 2.42. The first-order valence-electron chi connectivity index (χ1n) is 12.6. The molecule has 8 nitrogen and oxygen atoms in total. The number of para-hydroxylation sites is 1. The number of nitrogens with zero attached hydrogens (tertiary/aromatic N) is 2. The summed E-state index contributed by atoms with van der Waals surface area (Å²) in [6.07, 6.45) is 1.01. The molecule has 1 saturated heterocycles. The summed E-state index contributed by atoms with van der Waals surface area (Å²) in [7, 11) is -0.522. The topological polar surface area (TPSA) is 103 Å². The molecule has 2 N–H and O–H groups in total. The fourth-order valence-corrected chi connectivity index (χ4v) is 5.53. The van der Waals surface area contributed by atoms with Crippen LogP contribution in [0.4, 0.5) is 0 Å². The number of rotatable bonds is 7. The van der Waals surface area contributed by atoms with Crippen LogP contribution in [-0.2, 0) is 9.16 Å². The second-order valence-electron chi connectivity index (χ2n) is 11.0. The maximum Gasteiger partial charge on any atom is 0.270 e. The van der Waals surface area contributed by atoms with Crippen molar-refractivity contribution >= 4 is 25.1 Å². The number of hydrogen-bond donors (Lipinski definition) is 2. The molecule has 0 spiro atoms. The number of fused-ring (bicyclic) bond motifs is 1. The molecule has 3 heterocycles. The second kappa shape index (κ2) is 10.9. The molecule has 0 aliphatic carbocycles. The van der Waals surface area contributed by atoms with Gasteiger partial charge in [0, 0.05) is 29.8 Å². The number of methoxy groups -OCH3 is 1. The molecule has 1 aliphatic heterocycles. The number of hydrogen-bond acceptors (Lipinski definition) is 7. The van der Waals surface area contributed by atoms with Crippen LogP contribution in [0.3, 0.4) is 0 Å². The van der Waals surface area contributed by atoms with Crippen LogP contribution in [0.15, 0.2) is 48.7 Å². The maximum atomic E-state index is 13.5. The first kappa shape index (κ1) is 27.2. The molecule has 37 heavy (non-hydrogen) atoms. The van der Waals surface area contributed by atoms with Crippen molar-refractivity contribution in [2.75, 3.05) is 20.3 Å². The second-order valence-corrected chi connectivity index (χ2v) is 15.8. The van der Waals surface area contributed by atoms with E-state index in [1.807, 2.05) is 24.3 Å². The predicted octanol–water partition coefficient (Wildman–Crippen LogP) is 4.63. The molecule has 0 saturated carbocycles. The lowest BCUT2D eigenvalue weighted by Gasteiger charge is -2.42. The average Bonchev–Trinajstić information content (AvgIpc) is 2.88. The van der Waals surface area contributed by atoms with Gasteiger partial charge >= 0.3 is 0 Å². The molecule has 2 aromatic heterocycles. The van der Waals surface area contributed by atoms with Crippen molar-refractivity contribution < 1.29 is 23.8 Å². The van der Waals surface area contributed by atoms with Crippen LogP contribution in [0.1, 0.15) is 54.9 Å². The zero-order valence-electron chi connectivity index (χ0n) is 22.4. The average molecular weight is 524 g/mol. The van der Waals surface area contributed by atoms with Crippen LogP contribution in [-0.4, -0.2) is 61.8 Å². The van der Waals surface area contributed by atoms with Crippen molar-refractivity contribution in [3.8, 4) is 5.88 Å². The summed E-state index contributed by atoms with van der Waals surface area (Å²) in [5.41, 5.74) is 2.05. The van der Waals surface area contributed by atoms with Crippen molar-refractivity contribution in [2.24, 2.45) is 0 Å². The van der Waals surface area contributed by atoms with Gasteiger partial charge in [0.2, 0.25) is 5.88 Å². The van der Waals surface area contributed by atoms with Crippen LogP contribution in [0, 0.1) is 0 Å². The Bertz CT molecular complexity index is 1240. The quantitative estimate of drug-likeness (QED) is 0.435. The first-order chi connectivity index (χ1) is 17.5. The van der Waals surface area contributed by atoms with Gasteiger partial charge in [-0.2, -0.15) is 0 Å². The van der Waals surface area contributed by atoms with Gasteiger partial charge in [-0.25, -0.2) is 9.97 Å². The Kier molecular flexibility index (Phi) is 7.98. The molecule has 1 fully saturated rings. The van der Waals surface area contributed by atoms with Gasteiger partial charge in [0.25, 0.3) is 5.91 Å². The van der Waals surface area contributed by atoms with E-state index in [0.29, 0.717) is 42.2 Å². The third-order valence-corrected chi connectivity index (χ3v) is 11.9. The minimum atomic E-state index is -2.06. The smallest absolute Gasteiger partial charge is 0.270 e. The third-order valence-electron chi connectivity index (χ3n) is 7.43. The van der Waals surface area contributed by atoms with Crippen molar-refractivity contribution in [3.05, 3.63) is 65.5 Å². The molecule has 3 aromatic rings. The zero-order chi connectivity index (χ0) is 26.8. The van der Waals surface area contributed by atoms with E-state index in [4.69, 9.17) is 13.9 Å². The molecule has 0 radical (unpaired) electrons. The van der Waals surface area contributed by atoms with Gasteiger partial charge in [-0.05, 0) is 48.3 Å². The number of benzene rings is 1. The number of pyridine rings is 2. The number of aliphatic hydroxyl groups is 1. The Labute approximate surface area is 219 Å². The predicted molar refractivity (Wildman–Crippen MR) is 145 cm³/mol. The van der Waals surface area contributed by atoms with E-state index in [1.165, 1.54) is 0 Å². The zero-order valence-corrected chi connectivity index (χ0v) is 23.4. The maximum absolute atomic E-state index is 13.5. The minimum Gasteiger partial charge on any atom is -0.481 e. The highest BCUT2D eigenvalue weighted by molar-refractivity contribution is 6.74. The van der Waals surface area contributed by atoms with E-state index in [2.05, 4.69) is 49.1 Å². The molecule has 1 unspecified atom stereocenters. The molecule has 1 aliphatic rings. The van der Waals surface area contributed by atoms with Crippen LogP contribution >= 0.6 is 0 Å². The lowest BCUT2D eigenvalue weighted by molar-refractivity contribution is -0.0196. The SMILES string of the molecule is COc1ccc(C(O)c2cc(C(=O)N[C@H]3CCOC[C@@H]3O[Si](C)(C)C(C)(C)C)nc3ccccc23)cn1. The van der Waals surface area contributed by atoms with E-state index in [-0.39, 0.29) is 28.8 Å². The summed E-state index contributed by atoms with van der Waals surface area (Å²) in [5, 5.41) is 15.2. The molecule has 1 aromatic carbocycles. The summed E-state index contributed by atoms with van der Waals surface area (Å²) in [6, 6.07) is 12.4. The van der Waals surface area contributed by atoms with E-state index in [1.54, 1.807) is 31.5 Å². The summed E-state index contributed by atoms with van der Waals surface area (Å²) >= 11 is 0. The standard InChI is InChI=1S/C28H37N3O5Si/c1-28(2,3)37(5,6)36-24-17-35-14-13-22(24)31-27(33)23-15-20(19-9-7-8-10-21(19)30-23)26(32)18-11-12-25(34-4)29-16-18/h7-12,15-16,22,24,26,32H,13-14,17H2,1-6H3,(H,31,33)/t22-,24-,26?/m0/s1. The molecular formula is C28H37N3O5Si.